The minimum atomic E-state index is 0.693. The summed E-state index contributed by atoms with van der Waals surface area (Å²) in [6.07, 6.45) is 6.47. The number of nitrogens with zero attached hydrogens (tertiary/aromatic N) is 2. The Bertz CT molecular complexity index is 1020. The average molecular weight is 343 g/mol. The van der Waals surface area contributed by atoms with Gasteiger partial charge in [-0.15, -0.1) is 0 Å². The number of benzene rings is 2. The Labute approximate surface area is 152 Å². The summed E-state index contributed by atoms with van der Waals surface area (Å²) in [4.78, 5) is 0. The predicted molar refractivity (Wildman–Crippen MR) is 102 cm³/mol. The highest BCUT2D eigenvalue weighted by Gasteiger charge is 2.25. The topological polar surface area (TPSA) is 43.0 Å². The van der Waals surface area contributed by atoms with Gasteiger partial charge >= 0.3 is 0 Å². The van der Waals surface area contributed by atoms with Gasteiger partial charge in [0.15, 0.2) is 0 Å². The van der Waals surface area contributed by atoms with Gasteiger partial charge in [-0.3, -0.25) is 0 Å². The Hall–Kier alpha value is -2.85. The van der Waals surface area contributed by atoms with Crippen LogP contribution in [0.15, 0.2) is 71.5 Å². The van der Waals surface area contributed by atoms with Gasteiger partial charge in [0.1, 0.15) is 5.58 Å². The third kappa shape index (κ3) is 3.04. The molecule has 2 heterocycles. The number of para-hydroxylation sites is 1. The predicted octanol–water partition coefficient (Wildman–Crippen LogP) is 4.79. The van der Waals surface area contributed by atoms with Crippen LogP contribution in [0.4, 0.5) is 0 Å². The number of furan rings is 1. The highest BCUT2D eigenvalue weighted by atomic mass is 16.3. The van der Waals surface area contributed by atoms with Gasteiger partial charge in [-0.2, -0.15) is 5.10 Å². The molecule has 0 saturated heterocycles. The summed E-state index contributed by atoms with van der Waals surface area (Å²) in [6.45, 7) is 1.62. The van der Waals surface area contributed by atoms with Gasteiger partial charge in [0.2, 0.25) is 0 Å². The first-order valence-electron chi connectivity index (χ1n) is 9.17. The van der Waals surface area contributed by atoms with Crippen LogP contribution in [-0.2, 0) is 13.1 Å². The van der Waals surface area contributed by atoms with Crippen molar-refractivity contribution in [3.63, 3.8) is 0 Å². The fourth-order valence-corrected chi connectivity index (χ4v) is 3.36. The van der Waals surface area contributed by atoms with Crippen LogP contribution in [0.2, 0.25) is 0 Å². The van der Waals surface area contributed by atoms with Gasteiger partial charge in [0.25, 0.3) is 0 Å². The molecule has 0 unspecified atom stereocenters. The van der Waals surface area contributed by atoms with Crippen LogP contribution in [0.5, 0.6) is 0 Å². The van der Waals surface area contributed by atoms with E-state index in [1.807, 2.05) is 29.1 Å². The lowest BCUT2D eigenvalue weighted by Crippen LogP contribution is -2.12. The molecule has 1 fully saturated rings. The van der Waals surface area contributed by atoms with Crippen LogP contribution in [0.1, 0.15) is 35.6 Å². The van der Waals surface area contributed by atoms with Crippen molar-refractivity contribution in [2.24, 2.45) is 0 Å². The highest BCUT2D eigenvalue weighted by molar-refractivity contribution is 5.80. The summed E-state index contributed by atoms with van der Waals surface area (Å²) in [5, 5.41) is 9.37. The summed E-state index contributed by atoms with van der Waals surface area (Å²) >= 11 is 0. The Kier molecular flexibility index (Phi) is 3.83. The minimum Gasteiger partial charge on any atom is -0.464 e. The first-order chi connectivity index (χ1) is 12.9. The summed E-state index contributed by atoms with van der Waals surface area (Å²) in [6, 6.07) is 18.9. The average Bonchev–Trinajstić information content (AvgIpc) is 3.27. The van der Waals surface area contributed by atoms with E-state index >= 15 is 0 Å². The number of hydrogen-bond donors (Lipinski definition) is 1. The largest absolute Gasteiger partial charge is 0.464 e. The van der Waals surface area contributed by atoms with Gasteiger partial charge in [0, 0.05) is 36.2 Å². The van der Waals surface area contributed by atoms with Crippen molar-refractivity contribution in [2.75, 3.05) is 0 Å². The molecule has 4 aromatic rings. The zero-order valence-electron chi connectivity index (χ0n) is 14.6. The molecule has 1 aliphatic rings. The van der Waals surface area contributed by atoms with Crippen LogP contribution < -0.4 is 5.32 Å². The molecule has 1 aliphatic carbocycles. The van der Waals surface area contributed by atoms with E-state index in [-0.39, 0.29) is 0 Å². The smallest absolute Gasteiger partial charge is 0.134 e. The van der Waals surface area contributed by atoms with E-state index in [1.54, 1.807) is 0 Å². The molecule has 4 nitrogen and oxygen atoms in total. The van der Waals surface area contributed by atoms with Gasteiger partial charge in [0.05, 0.1) is 17.6 Å². The molecule has 0 aliphatic heterocycles. The lowest BCUT2D eigenvalue weighted by atomic mass is 10.1. The maximum atomic E-state index is 5.59. The van der Waals surface area contributed by atoms with Crippen LogP contribution in [0, 0.1) is 0 Å². The fraction of sp³-hybridized carbons (Fsp3) is 0.227. The van der Waals surface area contributed by atoms with Crippen LogP contribution in [0.3, 0.4) is 0 Å². The van der Waals surface area contributed by atoms with Crippen LogP contribution >= 0.6 is 0 Å². The van der Waals surface area contributed by atoms with Crippen molar-refractivity contribution in [1.29, 1.82) is 0 Å². The van der Waals surface area contributed by atoms with Crippen molar-refractivity contribution in [2.45, 2.75) is 31.8 Å². The first kappa shape index (κ1) is 15.4. The van der Waals surface area contributed by atoms with E-state index < -0.39 is 0 Å². The summed E-state index contributed by atoms with van der Waals surface area (Å²) in [5.74, 6) is 0.693. The first-order valence-corrected chi connectivity index (χ1v) is 9.17. The number of rotatable bonds is 6. The molecule has 0 spiro atoms. The summed E-state index contributed by atoms with van der Waals surface area (Å²) in [5.41, 5.74) is 5.74. The monoisotopic (exact) mass is 343 g/mol. The lowest BCUT2D eigenvalue weighted by molar-refractivity contribution is 0.602. The van der Waals surface area contributed by atoms with E-state index in [1.165, 1.54) is 35.0 Å². The van der Waals surface area contributed by atoms with Crippen molar-refractivity contribution < 1.29 is 4.42 Å². The Morgan fingerprint density at radius 2 is 1.85 bits per heavy atom. The molecule has 5 rings (SSSR count). The Morgan fingerprint density at radius 1 is 1.00 bits per heavy atom. The Balaban J connectivity index is 1.22. The molecule has 26 heavy (non-hydrogen) atoms. The van der Waals surface area contributed by atoms with E-state index in [4.69, 9.17) is 4.42 Å². The van der Waals surface area contributed by atoms with E-state index in [2.05, 4.69) is 53.0 Å². The summed E-state index contributed by atoms with van der Waals surface area (Å²) in [7, 11) is 0. The number of nitrogens with one attached hydrogen (secondary N) is 1. The molecule has 0 bridgehead atoms. The zero-order chi connectivity index (χ0) is 17.3. The number of aromatic nitrogens is 2. The molecule has 1 saturated carbocycles. The lowest BCUT2D eigenvalue weighted by Gasteiger charge is -2.06. The molecule has 130 valence electrons. The second kappa shape index (κ2) is 6.46. The molecule has 1 N–H and O–H groups in total. The minimum absolute atomic E-state index is 0.693. The normalized spacial score (nSPS) is 14.2. The SMILES string of the molecule is c1ccc2c(CNCc3ccc(-n4ccc(C5CC5)n4)cc3)coc2c1. The van der Waals surface area contributed by atoms with Crippen molar-refractivity contribution >= 4 is 11.0 Å². The molecule has 4 heteroatoms. The van der Waals surface area contributed by atoms with Crippen LogP contribution in [-0.4, -0.2) is 9.78 Å². The quantitative estimate of drug-likeness (QED) is 0.547. The maximum Gasteiger partial charge on any atom is 0.134 e. The zero-order valence-corrected chi connectivity index (χ0v) is 14.6. The molecular weight excluding hydrogens is 322 g/mol. The maximum absolute atomic E-state index is 5.59. The van der Waals surface area contributed by atoms with E-state index in [0.29, 0.717) is 5.92 Å². The van der Waals surface area contributed by atoms with Gasteiger partial charge in [-0.1, -0.05) is 30.3 Å². The Morgan fingerprint density at radius 3 is 2.69 bits per heavy atom. The third-order valence-electron chi connectivity index (χ3n) is 5.01. The van der Waals surface area contributed by atoms with E-state index in [0.717, 1.165) is 24.4 Å². The molecule has 0 amide bonds. The molecule has 0 radical (unpaired) electrons. The van der Waals surface area contributed by atoms with Gasteiger partial charge in [-0.05, 0) is 42.7 Å². The van der Waals surface area contributed by atoms with Crippen LogP contribution in [0.25, 0.3) is 16.7 Å². The number of fused-ring (bicyclic) bond motifs is 1. The summed E-state index contributed by atoms with van der Waals surface area (Å²) < 4.78 is 7.56. The van der Waals surface area contributed by atoms with Gasteiger partial charge < -0.3 is 9.73 Å². The van der Waals surface area contributed by atoms with Crippen molar-refractivity contribution in [3.05, 3.63) is 83.9 Å². The number of hydrogen-bond acceptors (Lipinski definition) is 3. The van der Waals surface area contributed by atoms with E-state index in [9.17, 15) is 0 Å². The molecule has 0 atom stereocenters. The highest BCUT2D eigenvalue weighted by Crippen LogP contribution is 2.39. The molecule has 2 aromatic carbocycles. The van der Waals surface area contributed by atoms with Crippen molar-refractivity contribution in [3.8, 4) is 5.69 Å². The standard InChI is InChI=1S/C22H21N3O/c1-2-4-22-20(3-1)18(15-26-22)14-23-13-16-5-9-19(10-6-16)25-12-11-21(24-25)17-7-8-17/h1-6,9-12,15,17,23H,7-8,13-14H2. The molecular formula is C22H21N3O. The second-order valence-corrected chi connectivity index (χ2v) is 6.99. The molecule has 2 aromatic heterocycles. The van der Waals surface area contributed by atoms with Gasteiger partial charge in [-0.25, -0.2) is 4.68 Å². The van der Waals surface area contributed by atoms with Crippen molar-refractivity contribution in [1.82, 2.24) is 15.1 Å². The second-order valence-electron chi connectivity index (χ2n) is 6.99. The fourth-order valence-electron chi connectivity index (χ4n) is 3.36. The third-order valence-corrected chi connectivity index (χ3v) is 5.01.